The quantitative estimate of drug-likeness (QED) is 0.865. The van der Waals surface area contributed by atoms with Crippen LogP contribution >= 0.6 is 0 Å². The zero-order valence-corrected chi connectivity index (χ0v) is 11.6. The fourth-order valence-electron chi connectivity index (χ4n) is 2.65. The molecule has 1 N–H and O–H groups in total. The van der Waals surface area contributed by atoms with E-state index in [0.717, 1.165) is 17.0 Å². The van der Waals surface area contributed by atoms with Crippen LogP contribution in [0.3, 0.4) is 0 Å². The van der Waals surface area contributed by atoms with Crippen LogP contribution in [-0.2, 0) is 0 Å². The molecule has 1 nitrogen and oxygen atoms in total. The summed E-state index contributed by atoms with van der Waals surface area (Å²) in [6.07, 6.45) is 2.07. The summed E-state index contributed by atoms with van der Waals surface area (Å²) in [6, 6.07) is 14.6. The van der Waals surface area contributed by atoms with E-state index in [-0.39, 0.29) is 0 Å². The van der Waals surface area contributed by atoms with Crippen LogP contribution < -0.4 is 0 Å². The molecule has 0 saturated heterocycles. The molecule has 0 spiro atoms. The molecule has 1 saturated carbocycles. The predicted molar refractivity (Wildman–Crippen MR) is 78.4 cm³/mol. The second-order valence-corrected chi connectivity index (χ2v) is 5.64. The monoisotopic (exact) mass is 252 g/mol. The van der Waals surface area contributed by atoms with E-state index >= 15 is 0 Å². The zero-order valence-electron chi connectivity index (χ0n) is 11.6. The first-order valence-corrected chi connectivity index (χ1v) is 7.01. The van der Waals surface area contributed by atoms with Crippen molar-refractivity contribution in [3.63, 3.8) is 0 Å². The van der Waals surface area contributed by atoms with Crippen LogP contribution in [0, 0.1) is 13.8 Å². The Balaban J connectivity index is 1.96. The Bertz CT molecular complexity index is 596. The summed E-state index contributed by atoms with van der Waals surface area (Å²) in [5.74, 6) is 0.728. The van der Waals surface area contributed by atoms with Gasteiger partial charge in [-0.3, -0.25) is 0 Å². The molecular formula is C18H20O. The third-order valence-corrected chi connectivity index (χ3v) is 4.22. The number of rotatable bonds is 3. The number of benzene rings is 2. The molecule has 0 radical (unpaired) electrons. The summed E-state index contributed by atoms with van der Waals surface area (Å²) in [5.41, 5.74) is 5.83. The molecule has 0 bridgehead atoms. The van der Waals surface area contributed by atoms with Crippen molar-refractivity contribution in [2.24, 2.45) is 0 Å². The van der Waals surface area contributed by atoms with Crippen molar-refractivity contribution >= 4 is 0 Å². The van der Waals surface area contributed by atoms with Gasteiger partial charge in [0.1, 0.15) is 6.10 Å². The fraction of sp³-hybridized carbons (Fsp3) is 0.333. The van der Waals surface area contributed by atoms with Crippen LogP contribution in [0.4, 0.5) is 0 Å². The van der Waals surface area contributed by atoms with Crippen LogP contribution in [0.1, 0.15) is 52.7 Å². The molecule has 1 atom stereocenters. The zero-order chi connectivity index (χ0) is 13.4. The van der Waals surface area contributed by atoms with Crippen molar-refractivity contribution in [2.45, 2.75) is 38.7 Å². The van der Waals surface area contributed by atoms with Crippen LogP contribution in [0.25, 0.3) is 0 Å². The molecule has 1 aliphatic carbocycles. The molecule has 3 rings (SSSR count). The van der Waals surface area contributed by atoms with E-state index in [0.29, 0.717) is 0 Å². The lowest BCUT2D eigenvalue weighted by Gasteiger charge is -2.16. The number of aliphatic hydroxyl groups is 1. The highest BCUT2D eigenvalue weighted by Gasteiger charge is 2.24. The van der Waals surface area contributed by atoms with Gasteiger partial charge in [-0.1, -0.05) is 42.5 Å². The maximum absolute atomic E-state index is 10.6. The van der Waals surface area contributed by atoms with Gasteiger partial charge in [0.25, 0.3) is 0 Å². The van der Waals surface area contributed by atoms with Crippen molar-refractivity contribution in [2.75, 3.05) is 0 Å². The lowest BCUT2D eigenvalue weighted by Crippen LogP contribution is -2.03. The van der Waals surface area contributed by atoms with E-state index in [4.69, 9.17) is 0 Å². The summed E-state index contributed by atoms with van der Waals surface area (Å²) >= 11 is 0. The van der Waals surface area contributed by atoms with Crippen molar-refractivity contribution in [1.29, 1.82) is 0 Å². The molecule has 1 heteroatoms. The third-order valence-electron chi connectivity index (χ3n) is 4.22. The van der Waals surface area contributed by atoms with E-state index < -0.39 is 6.10 Å². The van der Waals surface area contributed by atoms with Gasteiger partial charge in [0.05, 0.1) is 0 Å². The minimum Gasteiger partial charge on any atom is -0.384 e. The Labute approximate surface area is 114 Å². The van der Waals surface area contributed by atoms with E-state index in [9.17, 15) is 5.11 Å². The van der Waals surface area contributed by atoms with Gasteiger partial charge in [0.15, 0.2) is 0 Å². The van der Waals surface area contributed by atoms with Gasteiger partial charge in [-0.05, 0) is 60.4 Å². The lowest BCUT2D eigenvalue weighted by molar-refractivity contribution is 0.219. The van der Waals surface area contributed by atoms with Crippen LogP contribution in [0.15, 0.2) is 42.5 Å². The molecule has 19 heavy (non-hydrogen) atoms. The Morgan fingerprint density at radius 2 is 1.79 bits per heavy atom. The molecule has 1 aliphatic rings. The summed E-state index contributed by atoms with van der Waals surface area (Å²) in [7, 11) is 0. The first-order chi connectivity index (χ1) is 9.16. The van der Waals surface area contributed by atoms with E-state index in [1.54, 1.807) is 0 Å². The SMILES string of the molecule is Cc1cccc(C(O)c2cccc(C3CC3)c2)c1C. The molecule has 0 amide bonds. The van der Waals surface area contributed by atoms with E-state index in [1.807, 2.05) is 18.2 Å². The minimum atomic E-state index is -0.515. The van der Waals surface area contributed by atoms with Gasteiger partial charge in [-0.15, -0.1) is 0 Å². The third kappa shape index (κ3) is 2.43. The van der Waals surface area contributed by atoms with Crippen LogP contribution in [0.2, 0.25) is 0 Å². The van der Waals surface area contributed by atoms with Gasteiger partial charge < -0.3 is 5.11 Å². The molecule has 0 aliphatic heterocycles. The summed E-state index contributed by atoms with van der Waals surface area (Å²) in [4.78, 5) is 0. The van der Waals surface area contributed by atoms with Gasteiger partial charge in [0.2, 0.25) is 0 Å². The highest BCUT2D eigenvalue weighted by molar-refractivity contribution is 5.41. The summed E-state index contributed by atoms with van der Waals surface area (Å²) in [6.45, 7) is 4.17. The Morgan fingerprint density at radius 3 is 2.53 bits per heavy atom. The molecule has 1 unspecified atom stereocenters. The van der Waals surface area contributed by atoms with Crippen molar-refractivity contribution < 1.29 is 5.11 Å². The molecule has 2 aromatic rings. The van der Waals surface area contributed by atoms with Gasteiger partial charge in [-0.25, -0.2) is 0 Å². The van der Waals surface area contributed by atoms with Gasteiger partial charge >= 0.3 is 0 Å². The van der Waals surface area contributed by atoms with Crippen molar-refractivity contribution in [3.8, 4) is 0 Å². The number of hydrogen-bond acceptors (Lipinski definition) is 1. The first kappa shape index (κ1) is 12.4. The second kappa shape index (κ2) is 4.82. The maximum atomic E-state index is 10.6. The Morgan fingerprint density at radius 1 is 1.05 bits per heavy atom. The first-order valence-electron chi connectivity index (χ1n) is 7.01. The van der Waals surface area contributed by atoms with Gasteiger partial charge in [0, 0.05) is 0 Å². The highest BCUT2D eigenvalue weighted by atomic mass is 16.3. The molecule has 0 aromatic heterocycles. The maximum Gasteiger partial charge on any atom is 0.104 e. The molecular weight excluding hydrogens is 232 g/mol. The number of hydrogen-bond donors (Lipinski definition) is 1. The van der Waals surface area contributed by atoms with Crippen LogP contribution in [-0.4, -0.2) is 5.11 Å². The van der Waals surface area contributed by atoms with Gasteiger partial charge in [-0.2, -0.15) is 0 Å². The van der Waals surface area contributed by atoms with Crippen LogP contribution in [0.5, 0.6) is 0 Å². The standard InChI is InChI=1S/C18H20O/c1-12-5-3-8-17(13(12)2)18(19)16-7-4-6-15(11-16)14-9-10-14/h3-8,11,14,18-19H,9-10H2,1-2H3. The Kier molecular flexibility index (Phi) is 3.16. The molecule has 1 fully saturated rings. The predicted octanol–water partition coefficient (Wildman–Crippen LogP) is 4.26. The average molecular weight is 252 g/mol. The largest absolute Gasteiger partial charge is 0.384 e. The summed E-state index contributed by atoms with van der Waals surface area (Å²) in [5, 5.41) is 10.6. The fourth-order valence-corrected chi connectivity index (χ4v) is 2.65. The molecule has 2 aromatic carbocycles. The topological polar surface area (TPSA) is 20.2 Å². The summed E-state index contributed by atoms with van der Waals surface area (Å²) < 4.78 is 0. The lowest BCUT2D eigenvalue weighted by atomic mass is 9.93. The smallest absolute Gasteiger partial charge is 0.104 e. The van der Waals surface area contributed by atoms with E-state index in [2.05, 4.69) is 38.1 Å². The van der Waals surface area contributed by atoms with Crippen molar-refractivity contribution in [1.82, 2.24) is 0 Å². The molecule has 98 valence electrons. The highest BCUT2D eigenvalue weighted by Crippen LogP contribution is 2.41. The minimum absolute atomic E-state index is 0.515. The second-order valence-electron chi connectivity index (χ2n) is 5.64. The van der Waals surface area contributed by atoms with E-state index in [1.165, 1.54) is 29.5 Å². The van der Waals surface area contributed by atoms with Crippen molar-refractivity contribution in [3.05, 3.63) is 70.3 Å². The average Bonchev–Trinajstić information content (AvgIpc) is 3.26. The Hall–Kier alpha value is -1.60. The molecule has 0 heterocycles. The number of aryl methyl sites for hydroxylation is 1. The normalized spacial score (nSPS) is 16.4. The number of aliphatic hydroxyl groups excluding tert-OH is 1.